The van der Waals surface area contributed by atoms with E-state index in [-0.39, 0.29) is 17.4 Å². The molecule has 0 saturated heterocycles. The van der Waals surface area contributed by atoms with Crippen LogP contribution in [0, 0.1) is 10.1 Å². The molecule has 0 aromatic carbocycles. The van der Waals surface area contributed by atoms with Gasteiger partial charge in [-0.15, -0.1) is 0 Å². The number of unbranched alkanes of at least 4 members (excludes halogenated alkanes) is 3. The Morgan fingerprint density at radius 2 is 2.12 bits per heavy atom. The van der Waals surface area contributed by atoms with E-state index in [1.54, 1.807) is 0 Å². The van der Waals surface area contributed by atoms with Crippen LogP contribution in [-0.2, 0) is 6.54 Å². The van der Waals surface area contributed by atoms with Gasteiger partial charge in [-0.05, 0) is 17.8 Å². The van der Waals surface area contributed by atoms with Crippen LogP contribution in [0.1, 0.15) is 25.7 Å². The van der Waals surface area contributed by atoms with Crippen molar-refractivity contribution in [3.63, 3.8) is 0 Å². The van der Waals surface area contributed by atoms with Crippen molar-refractivity contribution >= 4 is 17.4 Å². The first-order valence-electron chi connectivity index (χ1n) is 5.13. The van der Waals surface area contributed by atoms with Crippen LogP contribution in [0.15, 0.2) is 6.20 Å². The van der Waals surface area contributed by atoms with E-state index in [2.05, 4.69) is 5.10 Å². The zero-order valence-corrected chi connectivity index (χ0v) is 9.56. The molecule has 1 aromatic rings. The van der Waals surface area contributed by atoms with E-state index in [9.17, 15) is 10.1 Å². The molecule has 0 radical (unpaired) electrons. The van der Waals surface area contributed by atoms with E-state index < -0.39 is 4.92 Å². The van der Waals surface area contributed by atoms with Crippen molar-refractivity contribution in [2.75, 3.05) is 6.61 Å². The second-order valence-electron chi connectivity index (χ2n) is 3.46. The average Bonchev–Trinajstić information content (AvgIpc) is 2.59. The third kappa shape index (κ3) is 3.79. The van der Waals surface area contributed by atoms with Gasteiger partial charge in [0.25, 0.3) is 0 Å². The van der Waals surface area contributed by atoms with Crippen LogP contribution in [0.25, 0.3) is 0 Å². The predicted molar refractivity (Wildman–Crippen MR) is 59.4 cm³/mol. The fourth-order valence-electron chi connectivity index (χ4n) is 1.36. The first kappa shape index (κ1) is 12.9. The van der Waals surface area contributed by atoms with Crippen molar-refractivity contribution in [2.45, 2.75) is 32.2 Å². The minimum absolute atomic E-state index is 0.0698. The van der Waals surface area contributed by atoms with E-state index in [1.165, 1.54) is 10.9 Å². The smallest absolute Gasteiger partial charge is 0.396 e. The first-order valence-corrected chi connectivity index (χ1v) is 5.51. The first-order chi connectivity index (χ1) is 7.65. The number of halogens is 1. The van der Waals surface area contributed by atoms with Crippen LogP contribution in [0.3, 0.4) is 0 Å². The van der Waals surface area contributed by atoms with Gasteiger partial charge in [-0.1, -0.05) is 24.4 Å². The zero-order valence-electron chi connectivity index (χ0n) is 8.80. The lowest BCUT2D eigenvalue weighted by Crippen LogP contribution is -2.00. The SMILES string of the molecule is O=[N+]([O-])c1nn(CCCCCCO)cc1Cl. The van der Waals surface area contributed by atoms with Gasteiger partial charge in [0.1, 0.15) is 0 Å². The molecule has 90 valence electrons. The number of hydrogen-bond donors (Lipinski definition) is 1. The molecule has 0 amide bonds. The number of aliphatic hydroxyl groups excluding tert-OH is 1. The Balaban J connectivity index is 2.37. The molecular weight excluding hydrogens is 234 g/mol. The Labute approximate surface area is 98.0 Å². The maximum Gasteiger partial charge on any atom is 0.408 e. The van der Waals surface area contributed by atoms with E-state index in [1.807, 2.05) is 0 Å². The molecule has 0 unspecified atom stereocenters. The van der Waals surface area contributed by atoms with Gasteiger partial charge in [-0.2, -0.15) is 4.68 Å². The van der Waals surface area contributed by atoms with E-state index >= 15 is 0 Å². The molecule has 1 N–H and O–H groups in total. The molecule has 6 nitrogen and oxygen atoms in total. The maximum atomic E-state index is 10.5. The topological polar surface area (TPSA) is 81.2 Å². The van der Waals surface area contributed by atoms with Gasteiger partial charge in [-0.25, -0.2) is 0 Å². The van der Waals surface area contributed by atoms with Gasteiger partial charge in [0, 0.05) is 6.61 Å². The van der Waals surface area contributed by atoms with Crippen LogP contribution in [0.5, 0.6) is 0 Å². The molecule has 0 aliphatic heterocycles. The summed E-state index contributed by atoms with van der Waals surface area (Å²) in [5.41, 5.74) is 0. The van der Waals surface area contributed by atoms with Gasteiger partial charge in [0.2, 0.25) is 0 Å². The average molecular weight is 248 g/mol. The highest BCUT2D eigenvalue weighted by atomic mass is 35.5. The molecule has 0 aliphatic carbocycles. The van der Waals surface area contributed by atoms with Gasteiger partial charge in [0.05, 0.1) is 17.8 Å². The van der Waals surface area contributed by atoms with Crippen LogP contribution in [0.4, 0.5) is 5.82 Å². The van der Waals surface area contributed by atoms with Crippen LogP contribution < -0.4 is 0 Å². The highest BCUT2D eigenvalue weighted by molar-refractivity contribution is 6.32. The monoisotopic (exact) mass is 247 g/mol. The Morgan fingerprint density at radius 1 is 1.44 bits per heavy atom. The number of aliphatic hydroxyl groups is 1. The highest BCUT2D eigenvalue weighted by Gasteiger charge is 2.18. The fourth-order valence-corrected chi connectivity index (χ4v) is 1.58. The van der Waals surface area contributed by atoms with Crippen molar-refractivity contribution < 1.29 is 10.0 Å². The highest BCUT2D eigenvalue weighted by Crippen LogP contribution is 2.21. The largest absolute Gasteiger partial charge is 0.408 e. The number of aryl methyl sites for hydroxylation is 1. The van der Waals surface area contributed by atoms with Gasteiger partial charge in [-0.3, -0.25) is 0 Å². The number of nitrogens with zero attached hydrogens (tertiary/aromatic N) is 3. The van der Waals surface area contributed by atoms with Crippen molar-refractivity contribution in [2.24, 2.45) is 0 Å². The molecule has 0 bridgehead atoms. The minimum Gasteiger partial charge on any atom is -0.396 e. The van der Waals surface area contributed by atoms with E-state index in [4.69, 9.17) is 16.7 Å². The summed E-state index contributed by atoms with van der Waals surface area (Å²) >= 11 is 5.64. The fraction of sp³-hybridized carbons (Fsp3) is 0.667. The lowest BCUT2D eigenvalue weighted by Gasteiger charge is -1.97. The number of rotatable bonds is 7. The summed E-state index contributed by atoms with van der Waals surface area (Å²) in [6, 6.07) is 0. The van der Waals surface area contributed by atoms with E-state index in [0.29, 0.717) is 6.54 Å². The van der Waals surface area contributed by atoms with Crippen molar-refractivity contribution in [3.8, 4) is 0 Å². The minimum atomic E-state index is -0.593. The summed E-state index contributed by atoms with van der Waals surface area (Å²) < 4.78 is 1.49. The van der Waals surface area contributed by atoms with Crippen molar-refractivity contribution in [1.29, 1.82) is 0 Å². The number of nitro groups is 1. The maximum absolute atomic E-state index is 10.5. The molecule has 7 heteroatoms. The third-order valence-electron chi connectivity index (χ3n) is 2.17. The Kier molecular flexibility index (Phi) is 5.21. The Morgan fingerprint density at radius 3 is 2.69 bits per heavy atom. The lowest BCUT2D eigenvalue weighted by atomic mass is 10.2. The quantitative estimate of drug-likeness (QED) is 0.454. The summed E-state index contributed by atoms with van der Waals surface area (Å²) in [6.07, 6.45) is 5.04. The predicted octanol–water partition coefficient (Wildman–Crippen LogP) is 2.00. The van der Waals surface area contributed by atoms with E-state index in [0.717, 1.165) is 25.7 Å². The zero-order chi connectivity index (χ0) is 12.0. The molecule has 1 heterocycles. The molecule has 1 rings (SSSR count). The third-order valence-corrected chi connectivity index (χ3v) is 2.43. The summed E-state index contributed by atoms with van der Waals surface area (Å²) in [4.78, 5) is 9.88. The van der Waals surface area contributed by atoms with Gasteiger partial charge >= 0.3 is 5.82 Å². The molecule has 0 atom stereocenters. The second kappa shape index (κ2) is 6.44. The second-order valence-corrected chi connectivity index (χ2v) is 3.87. The summed E-state index contributed by atoms with van der Waals surface area (Å²) in [6.45, 7) is 0.818. The molecular formula is C9H14ClN3O3. The lowest BCUT2D eigenvalue weighted by molar-refractivity contribution is -0.389. The molecule has 0 spiro atoms. The van der Waals surface area contributed by atoms with Gasteiger partial charge in [0.15, 0.2) is 5.02 Å². The Bertz CT molecular complexity index is 354. The van der Waals surface area contributed by atoms with Crippen LogP contribution in [0.2, 0.25) is 5.02 Å². The molecule has 0 aliphatic rings. The summed E-state index contributed by atoms with van der Waals surface area (Å²) in [7, 11) is 0. The summed E-state index contributed by atoms with van der Waals surface area (Å²) in [5, 5.41) is 22.9. The molecule has 16 heavy (non-hydrogen) atoms. The van der Waals surface area contributed by atoms with Crippen molar-refractivity contribution in [3.05, 3.63) is 21.3 Å². The molecule has 0 saturated carbocycles. The van der Waals surface area contributed by atoms with Gasteiger partial charge < -0.3 is 15.2 Å². The molecule has 0 fully saturated rings. The van der Waals surface area contributed by atoms with Crippen LogP contribution >= 0.6 is 11.6 Å². The van der Waals surface area contributed by atoms with Crippen molar-refractivity contribution in [1.82, 2.24) is 9.78 Å². The number of hydrogen-bond acceptors (Lipinski definition) is 4. The van der Waals surface area contributed by atoms with Crippen LogP contribution in [-0.4, -0.2) is 26.4 Å². The molecule has 1 aromatic heterocycles. The summed E-state index contributed by atoms with van der Waals surface area (Å²) in [5.74, 6) is -0.294. The normalized spacial score (nSPS) is 10.6. The standard InChI is InChI=1S/C9H14ClN3O3/c10-8-7-12(11-9(8)13(15)16)5-3-1-2-4-6-14/h7,14H,1-6H2. The Hall–Kier alpha value is -1.14. The number of aromatic nitrogens is 2.